The molecule has 0 aromatic heterocycles. The molecule has 0 radical (unpaired) electrons. The molecule has 0 saturated heterocycles. The van der Waals surface area contributed by atoms with E-state index in [1.54, 1.807) is 0 Å². The van der Waals surface area contributed by atoms with Gasteiger partial charge < -0.3 is 15.2 Å². The summed E-state index contributed by atoms with van der Waals surface area (Å²) >= 11 is 11.3. The Morgan fingerprint density at radius 2 is 2.20 bits per heavy atom. The van der Waals surface area contributed by atoms with Crippen LogP contribution >= 0.6 is 23.8 Å². The first-order valence-corrected chi connectivity index (χ1v) is 7.23. The third-order valence-corrected chi connectivity index (χ3v) is 3.93. The average molecular weight is 314 g/mol. The summed E-state index contributed by atoms with van der Waals surface area (Å²) in [6.07, 6.45) is 4.96. The molecular formula is C14H16ClNO3S. The number of allylic oxidation sites excluding steroid dienone is 3. The number of hydrogen-bond acceptors (Lipinski definition) is 4. The summed E-state index contributed by atoms with van der Waals surface area (Å²) in [5.74, 6) is 0.463. The molecule has 4 nitrogen and oxygen atoms in total. The number of carbonyl (C=O) groups is 1. The van der Waals surface area contributed by atoms with Gasteiger partial charge in [0.15, 0.2) is 11.5 Å². The maximum atomic E-state index is 11.9. The Hall–Kier alpha value is -1.33. The van der Waals surface area contributed by atoms with Crippen molar-refractivity contribution in [3.63, 3.8) is 0 Å². The fourth-order valence-electron chi connectivity index (χ4n) is 2.29. The number of aliphatic hydroxyl groups excluding tert-OH is 1. The SMILES string of the molecule is COC1=C(Cl)CCC=C1NC(=S)C1=C(O)CCCC1=O. The Balaban J connectivity index is 2.20. The van der Waals surface area contributed by atoms with Crippen LogP contribution in [0.25, 0.3) is 0 Å². The summed E-state index contributed by atoms with van der Waals surface area (Å²) in [4.78, 5) is 12.1. The van der Waals surface area contributed by atoms with Crippen molar-refractivity contribution in [2.45, 2.75) is 32.1 Å². The highest BCUT2D eigenvalue weighted by molar-refractivity contribution is 7.80. The van der Waals surface area contributed by atoms with Crippen LogP contribution in [-0.4, -0.2) is 23.0 Å². The van der Waals surface area contributed by atoms with Gasteiger partial charge in [-0.05, 0) is 19.3 Å². The maximum absolute atomic E-state index is 11.9. The number of hydrogen-bond donors (Lipinski definition) is 2. The Bertz CT molecular complexity index is 549. The summed E-state index contributed by atoms with van der Waals surface area (Å²) < 4.78 is 5.25. The second-order valence-electron chi connectivity index (χ2n) is 4.65. The van der Waals surface area contributed by atoms with Gasteiger partial charge >= 0.3 is 0 Å². The van der Waals surface area contributed by atoms with Crippen LogP contribution in [0.5, 0.6) is 0 Å². The molecule has 0 spiro atoms. The first-order chi connectivity index (χ1) is 9.54. The number of nitrogens with one attached hydrogen (secondary N) is 1. The molecule has 2 aliphatic carbocycles. The van der Waals surface area contributed by atoms with Crippen molar-refractivity contribution in [3.8, 4) is 0 Å². The molecule has 2 rings (SSSR count). The van der Waals surface area contributed by atoms with Crippen molar-refractivity contribution in [3.05, 3.63) is 33.9 Å². The number of halogens is 1. The third kappa shape index (κ3) is 3.04. The molecule has 2 aliphatic rings. The van der Waals surface area contributed by atoms with Gasteiger partial charge in [0, 0.05) is 12.8 Å². The lowest BCUT2D eigenvalue weighted by Gasteiger charge is -2.21. The Morgan fingerprint density at radius 1 is 1.45 bits per heavy atom. The van der Waals surface area contributed by atoms with Gasteiger partial charge in [-0.25, -0.2) is 0 Å². The second kappa shape index (κ2) is 6.41. The van der Waals surface area contributed by atoms with Crippen LogP contribution in [0.15, 0.2) is 33.9 Å². The highest BCUT2D eigenvalue weighted by atomic mass is 35.5. The lowest BCUT2D eigenvalue weighted by molar-refractivity contribution is -0.115. The predicted molar refractivity (Wildman–Crippen MR) is 81.5 cm³/mol. The molecule has 0 amide bonds. The van der Waals surface area contributed by atoms with E-state index in [1.165, 1.54) is 7.11 Å². The summed E-state index contributed by atoms with van der Waals surface area (Å²) in [6.45, 7) is 0. The molecule has 2 N–H and O–H groups in total. The van der Waals surface area contributed by atoms with Crippen molar-refractivity contribution in [1.29, 1.82) is 0 Å². The molecule has 6 heteroatoms. The number of aliphatic hydroxyl groups is 1. The first kappa shape index (κ1) is 15.1. The van der Waals surface area contributed by atoms with Crippen molar-refractivity contribution in [1.82, 2.24) is 5.32 Å². The van der Waals surface area contributed by atoms with Gasteiger partial charge in [0.1, 0.15) is 10.7 Å². The topological polar surface area (TPSA) is 58.6 Å². The molecule has 108 valence electrons. The van der Waals surface area contributed by atoms with Crippen molar-refractivity contribution >= 4 is 34.6 Å². The maximum Gasteiger partial charge on any atom is 0.169 e. The first-order valence-electron chi connectivity index (χ1n) is 6.44. The molecule has 0 aromatic carbocycles. The Morgan fingerprint density at radius 3 is 2.85 bits per heavy atom. The van der Waals surface area contributed by atoms with Crippen molar-refractivity contribution in [2.75, 3.05) is 7.11 Å². The number of thiocarbonyl (C=S) groups is 1. The van der Waals surface area contributed by atoms with E-state index >= 15 is 0 Å². The second-order valence-corrected chi connectivity index (χ2v) is 5.51. The zero-order valence-electron chi connectivity index (χ0n) is 11.2. The predicted octanol–water partition coefficient (Wildman–Crippen LogP) is 3.24. The van der Waals surface area contributed by atoms with Gasteiger partial charge in [0.25, 0.3) is 0 Å². The van der Waals surface area contributed by atoms with E-state index in [2.05, 4.69) is 5.32 Å². The van der Waals surface area contributed by atoms with Gasteiger partial charge in [0.2, 0.25) is 0 Å². The molecule has 0 atom stereocenters. The minimum absolute atomic E-state index is 0.0594. The number of ketones is 1. The quantitative estimate of drug-likeness (QED) is 0.783. The van der Waals surface area contributed by atoms with Crippen LogP contribution in [-0.2, 0) is 9.53 Å². The van der Waals surface area contributed by atoms with E-state index in [1.807, 2.05) is 6.08 Å². The Kier molecular flexibility index (Phi) is 4.83. The molecule has 0 unspecified atom stereocenters. The number of rotatable bonds is 3. The van der Waals surface area contributed by atoms with Crippen LogP contribution < -0.4 is 5.32 Å². The van der Waals surface area contributed by atoms with E-state index in [-0.39, 0.29) is 22.1 Å². The molecule has 0 aromatic rings. The number of ether oxygens (including phenoxy) is 1. The molecule has 0 saturated carbocycles. The fourth-order valence-corrected chi connectivity index (χ4v) is 2.92. The average Bonchev–Trinajstić information content (AvgIpc) is 2.38. The van der Waals surface area contributed by atoms with Crippen LogP contribution in [0, 0.1) is 0 Å². The summed E-state index contributed by atoms with van der Waals surface area (Å²) in [5.41, 5.74) is 0.858. The molecule has 0 aliphatic heterocycles. The van der Waals surface area contributed by atoms with Crippen molar-refractivity contribution in [2.24, 2.45) is 0 Å². The van der Waals surface area contributed by atoms with Gasteiger partial charge in [-0.1, -0.05) is 29.9 Å². The largest absolute Gasteiger partial charge is 0.511 e. The summed E-state index contributed by atoms with van der Waals surface area (Å²) in [6, 6.07) is 0. The lowest BCUT2D eigenvalue weighted by atomic mass is 9.96. The van der Waals surface area contributed by atoms with Gasteiger partial charge in [0.05, 0.1) is 23.4 Å². The zero-order chi connectivity index (χ0) is 14.7. The van der Waals surface area contributed by atoms with Crippen LogP contribution in [0.2, 0.25) is 0 Å². The molecular weight excluding hydrogens is 298 g/mol. The lowest BCUT2D eigenvalue weighted by Crippen LogP contribution is -2.30. The normalized spacial score (nSPS) is 19.9. The van der Waals surface area contributed by atoms with Gasteiger partial charge in [-0.3, -0.25) is 4.79 Å². The van der Waals surface area contributed by atoms with Crippen LogP contribution in [0.4, 0.5) is 0 Å². The minimum atomic E-state index is -0.128. The highest BCUT2D eigenvalue weighted by Gasteiger charge is 2.25. The minimum Gasteiger partial charge on any atom is -0.511 e. The number of methoxy groups -OCH3 is 1. The van der Waals surface area contributed by atoms with Crippen molar-refractivity contribution < 1.29 is 14.6 Å². The zero-order valence-corrected chi connectivity index (χ0v) is 12.7. The van der Waals surface area contributed by atoms with Gasteiger partial charge in [-0.2, -0.15) is 0 Å². The summed E-state index contributed by atoms with van der Waals surface area (Å²) in [5, 5.41) is 13.4. The van der Waals surface area contributed by atoms with Gasteiger partial charge in [-0.15, -0.1) is 0 Å². The monoisotopic (exact) mass is 313 g/mol. The van der Waals surface area contributed by atoms with Crippen LogP contribution in [0.3, 0.4) is 0 Å². The fraction of sp³-hybridized carbons (Fsp3) is 0.429. The van der Waals surface area contributed by atoms with Crippen LogP contribution in [0.1, 0.15) is 32.1 Å². The van der Waals surface area contributed by atoms with E-state index in [0.29, 0.717) is 35.8 Å². The Labute approximate surface area is 128 Å². The van der Waals surface area contributed by atoms with E-state index in [0.717, 1.165) is 12.8 Å². The van der Waals surface area contributed by atoms with E-state index < -0.39 is 0 Å². The third-order valence-electron chi connectivity index (χ3n) is 3.27. The highest BCUT2D eigenvalue weighted by Crippen LogP contribution is 2.28. The summed E-state index contributed by atoms with van der Waals surface area (Å²) in [7, 11) is 1.53. The number of carbonyl (C=O) groups excluding carboxylic acids is 1. The smallest absolute Gasteiger partial charge is 0.169 e. The van der Waals surface area contributed by atoms with E-state index in [4.69, 9.17) is 28.6 Å². The molecule has 0 heterocycles. The van der Waals surface area contributed by atoms with E-state index in [9.17, 15) is 9.90 Å². The molecule has 0 bridgehead atoms. The molecule has 0 fully saturated rings. The number of Topliss-reactive ketones (excluding diaryl/α,β-unsaturated/α-hetero) is 1. The standard InChI is InChI=1S/C14H16ClNO3S/c1-19-13-8(15)4-2-5-9(13)16-14(20)12-10(17)6-3-7-11(12)18/h5,17H,2-4,6-7H2,1H3,(H,16,20). The molecule has 20 heavy (non-hydrogen) atoms.